The predicted octanol–water partition coefficient (Wildman–Crippen LogP) is 3.94. The highest BCUT2D eigenvalue weighted by molar-refractivity contribution is 5.73. The molecule has 1 aliphatic rings. The second kappa shape index (κ2) is 6.77. The van der Waals surface area contributed by atoms with Gasteiger partial charge < -0.3 is 4.90 Å². The molecule has 0 fully saturated rings. The molecule has 102 valence electrons. The van der Waals surface area contributed by atoms with Crippen molar-refractivity contribution < 1.29 is 4.79 Å². The molecular formula is C16H27NO. The van der Waals surface area contributed by atoms with Crippen molar-refractivity contribution in [1.29, 1.82) is 0 Å². The molecule has 0 saturated heterocycles. The third-order valence-electron chi connectivity index (χ3n) is 3.92. The van der Waals surface area contributed by atoms with Crippen molar-refractivity contribution in [1.82, 2.24) is 4.90 Å². The zero-order valence-electron chi connectivity index (χ0n) is 12.5. The Kier molecular flexibility index (Phi) is 5.64. The summed E-state index contributed by atoms with van der Waals surface area (Å²) in [4.78, 5) is 13.4. The van der Waals surface area contributed by atoms with Crippen molar-refractivity contribution in [3.8, 4) is 0 Å². The van der Waals surface area contributed by atoms with Crippen molar-refractivity contribution in [3.05, 3.63) is 23.3 Å². The molecule has 1 amide bonds. The summed E-state index contributed by atoms with van der Waals surface area (Å²) in [5, 5.41) is 0. The summed E-state index contributed by atoms with van der Waals surface area (Å²) in [6.45, 7) is 11.0. The summed E-state index contributed by atoms with van der Waals surface area (Å²) in [6.07, 6.45) is 8.23. The van der Waals surface area contributed by atoms with E-state index < -0.39 is 0 Å². The summed E-state index contributed by atoms with van der Waals surface area (Å²) in [6, 6.07) is 0.278. The molecule has 0 aromatic heterocycles. The highest BCUT2D eigenvalue weighted by atomic mass is 16.2. The molecular weight excluding hydrogens is 222 g/mol. The molecule has 2 heteroatoms. The van der Waals surface area contributed by atoms with Crippen molar-refractivity contribution >= 4 is 5.91 Å². The molecule has 0 heterocycles. The van der Waals surface area contributed by atoms with Gasteiger partial charge in [0.1, 0.15) is 0 Å². The van der Waals surface area contributed by atoms with Crippen LogP contribution in [0.4, 0.5) is 0 Å². The number of amides is 1. The number of rotatable bonds is 4. The van der Waals surface area contributed by atoms with Crippen LogP contribution in [0.15, 0.2) is 23.3 Å². The van der Waals surface area contributed by atoms with E-state index in [2.05, 4.69) is 39.8 Å². The summed E-state index contributed by atoms with van der Waals surface area (Å²) < 4.78 is 0. The fraction of sp³-hybridized carbons (Fsp3) is 0.688. The standard InChI is InChI=1S/C16H27NO/c1-12(2)17(15(5)18)11-10-14(4)16-8-6-13(3)7-9-16/h6,10,12,16H,7-9,11H2,1-5H3/b14-10-. The first-order valence-electron chi connectivity index (χ1n) is 7.01. The highest BCUT2D eigenvalue weighted by Gasteiger charge is 2.15. The fourth-order valence-electron chi connectivity index (χ4n) is 2.49. The van der Waals surface area contributed by atoms with Crippen molar-refractivity contribution in [2.45, 2.75) is 59.9 Å². The van der Waals surface area contributed by atoms with E-state index >= 15 is 0 Å². The van der Waals surface area contributed by atoms with Crippen molar-refractivity contribution in [2.75, 3.05) is 6.54 Å². The maximum absolute atomic E-state index is 11.5. The largest absolute Gasteiger partial charge is 0.337 e. The molecule has 1 atom stereocenters. The molecule has 0 aromatic rings. The lowest BCUT2D eigenvalue weighted by molar-refractivity contribution is -0.129. The lowest BCUT2D eigenvalue weighted by atomic mass is 9.85. The van der Waals surface area contributed by atoms with E-state index in [9.17, 15) is 4.79 Å². The van der Waals surface area contributed by atoms with Crippen LogP contribution in [0.1, 0.15) is 53.9 Å². The van der Waals surface area contributed by atoms with Gasteiger partial charge in [-0.2, -0.15) is 0 Å². The third-order valence-corrected chi connectivity index (χ3v) is 3.92. The first kappa shape index (κ1) is 15.0. The maximum Gasteiger partial charge on any atom is 0.219 e. The van der Waals surface area contributed by atoms with Crippen molar-refractivity contribution in [3.63, 3.8) is 0 Å². The Labute approximate surface area is 112 Å². The van der Waals surface area contributed by atoms with Gasteiger partial charge in [0.05, 0.1) is 0 Å². The molecule has 1 rings (SSSR count). The Balaban J connectivity index is 2.58. The Bertz CT molecular complexity index is 352. The van der Waals surface area contributed by atoms with Gasteiger partial charge in [-0.3, -0.25) is 4.79 Å². The monoisotopic (exact) mass is 249 g/mol. The van der Waals surface area contributed by atoms with E-state index in [-0.39, 0.29) is 11.9 Å². The first-order valence-corrected chi connectivity index (χ1v) is 7.01. The summed E-state index contributed by atoms with van der Waals surface area (Å²) in [5.74, 6) is 0.836. The van der Waals surface area contributed by atoms with E-state index in [1.165, 1.54) is 24.0 Å². The summed E-state index contributed by atoms with van der Waals surface area (Å²) in [7, 11) is 0. The van der Waals surface area contributed by atoms with E-state index in [1.54, 1.807) is 6.92 Å². The number of hydrogen-bond acceptors (Lipinski definition) is 1. The van der Waals surface area contributed by atoms with Gasteiger partial charge in [0, 0.05) is 19.5 Å². The molecule has 2 nitrogen and oxygen atoms in total. The number of hydrogen-bond donors (Lipinski definition) is 0. The Morgan fingerprint density at radius 3 is 2.61 bits per heavy atom. The molecule has 0 N–H and O–H groups in total. The maximum atomic E-state index is 11.5. The molecule has 0 bridgehead atoms. The third kappa shape index (κ3) is 4.32. The second-order valence-corrected chi connectivity index (χ2v) is 5.74. The normalized spacial score (nSPS) is 20.9. The van der Waals surface area contributed by atoms with Crippen LogP contribution in [0.3, 0.4) is 0 Å². The van der Waals surface area contributed by atoms with Crippen LogP contribution in [0.25, 0.3) is 0 Å². The van der Waals surface area contributed by atoms with Gasteiger partial charge in [-0.15, -0.1) is 0 Å². The van der Waals surface area contributed by atoms with Gasteiger partial charge in [0.15, 0.2) is 0 Å². The molecule has 0 aromatic carbocycles. The van der Waals surface area contributed by atoms with Crippen LogP contribution >= 0.6 is 0 Å². The van der Waals surface area contributed by atoms with Gasteiger partial charge in [-0.05, 0) is 52.9 Å². The van der Waals surface area contributed by atoms with Gasteiger partial charge in [-0.25, -0.2) is 0 Å². The summed E-state index contributed by atoms with van der Waals surface area (Å²) in [5.41, 5.74) is 2.96. The molecule has 0 aliphatic heterocycles. The molecule has 1 unspecified atom stereocenters. The minimum Gasteiger partial charge on any atom is -0.337 e. The minimum absolute atomic E-state index is 0.161. The van der Waals surface area contributed by atoms with Crippen LogP contribution in [0, 0.1) is 5.92 Å². The van der Waals surface area contributed by atoms with Gasteiger partial charge >= 0.3 is 0 Å². The SMILES string of the molecule is CC(=O)N(C/C=C(/C)C1CC=C(C)CC1)C(C)C. The number of carbonyl (C=O) groups excluding carboxylic acids is 1. The molecule has 0 spiro atoms. The van der Waals surface area contributed by atoms with Gasteiger partial charge in [0.2, 0.25) is 5.91 Å². The lowest BCUT2D eigenvalue weighted by Crippen LogP contribution is -2.35. The highest BCUT2D eigenvalue weighted by Crippen LogP contribution is 2.28. The fourth-order valence-corrected chi connectivity index (χ4v) is 2.49. The molecule has 1 aliphatic carbocycles. The van der Waals surface area contributed by atoms with Crippen molar-refractivity contribution in [2.24, 2.45) is 5.92 Å². The van der Waals surface area contributed by atoms with E-state index in [0.29, 0.717) is 5.92 Å². The van der Waals surface area contributed by atoms with Gasteiger partial charge in [0.25, 0.3) is 0 Å². The van der Waals surface area contributed by atoms with Crippen LogP contribution < -0.4 is 0 Å². The number of carbonyl (C=O) groups is 1. The van der Waals surface area contributed by atoms with E-state index in [0.717, 1.165) is 13.0 Å². The quantitative estimate of drug-likeness (QED) is 0.691. The van der Waals surface area contributed by atoms with Gasteiger partial charge in [-0.1, -0.05) is 23.3 Å². The van der Waals surface area contributed by atoms with Crippen LogP contribution in [0.5, 0.6) is 0 Å². The lowest BCUT2D eigenvalue weighted by Gasteiger charge is -2.26. The van der Waals surface area contributed by atoms with E-state index in [4.69, 9.17) is 0 Å². The molecule has 0 radical (unpaired) electrons. The zero-order chi connectivity index (χ0) is 13.7. The Hall–Kier alpha value is -1.05. The predicted molar refractivity (Wildman–Crippen MR) is 77.4 cm³/mol. The Morgan fingerprint density at radius 2 is 2.17 bits per heavy atom. The second-order valence-electron chi connectivity index (χ2n) is 5.74. The Morgan fingerprint density at radius 1 is 1.50 bits per heavy atom. The smallest absolute Gasteiger partial charge is 0.219 e. The minimum atomic E-state index is 0.161. The number of allylic oxidation sites excluding steroid dienone is 3. The van der Waals surface area contributed by atoms with Crippen LogP contribution in [-0.2, 0) is 4.79 Å². The average molecular weight is 249 g/mol. The zero-order valence-corrected chi connectivity index (χ0v) is 12.5. The average Bonchev–Trinajstić information content (AvgIpc) is 2.28. The van der Waals surface area contributed by atoms with Crippen LogP contribution in [-0.4, -0.2) is 23.4 Å². The van der Waals surface area contributed by atoms with Crippen LogP contribution in [0.2, 0.25) is 0 Å². The summed E-state index contributed by atoms with van der Waals surface area (Å²) >= 11 is 0. The first-order chi connectivity index (χ1) is 8.41. The number of nitrogens with zero attached hydrogens (tertiary/aromatic N) is 1. The van der Waals surface area contributed by atoms with E-state index in [1.807, 2.05) is 4.90 Å². The molecule has 18 heavy (non-hydrogen) atoms. The topological polar surface area (TPSA) is 20.3 Å². The molecule has 0 saturated carbocycles.